The van der Waals surface area contributed by atoms with Gasteiger partial charge in [-0.1, -0.05) is 30.3 Å². The van der Waals surface area contributed by atoms with Crippen LogP contribution in [0.4, 0.5) is 18.9 Å². The van der Waals surface area contributed by atoms with Gasteiger partial charge in [0, 0.05) is 43.5 Å². The number of hydrogen-bond acceptors (Lipinski definition) is 4. The van der Waals surface area contributed by atoms with E-state index in [1.807, 2.05) is 56.3 Å². The fraction of sp³-hybridized carbons (Fsp3) is 0.269. The van der Waals surface area contributed by atoms with Crippen molar-refractivity contribution in [2.45, 2.75) is 20.0 Å². The Morgan fingerprint density at radius 3 is 2.26 bits per heavy atom. The number of piperazine rings is 1. The number of rotatable bonds is 3. The molecule has 0 atom stereocenters. The molecule has 2 aromatic heterocycles. The van der Waals surface area contributed by atoms with Gasteiger partial charge in [0.15, 0.2) is 17.0 Å². The van der Waals surface area contributed by atoms with Gasteiger partial charge >= 0.3 is 6.18 Å². The molecule has 0 N–H and O–H groups in total. The van der Waals surface area contributed by atoms with Crippen LogP contribution >= 0.6 is 0 Å². The van der Waals surface area contributed by atoms with E-state index in [-0.39, 0.29) is 17.0 Å². The number of nitrogens with zero attached hydrogens (tertiary/aromatic N) is 5. The molecule has 1 fully saturated rings. The first-order valence-electron chi connectivity index (χ1n) is 11.4. The van der Waals surface area contributed by atoms with Crippen molar-refractivity contribution < 1.29 is 18.0 Å². The van der Waals surface area contributed by atoms with Crippen molar-refractivity contribution in [3.8, 4) is 11.3 Å². The first kappa shape index (κ1) is 22.9. The number of aromatic nitrogens is 3. The Hall–Kier alpha value is -3.88. The Labute approximate surface area is 200 Å². The van der Waals surface area contributed by atoms with E-state index in [1.165, 1.54) is 6.07 Å². The minimum atomic E-state index is -4.66. The number of alkyl halides is 3. The SMILES string of the molecule is Cc1ccc(-c2cc(C(F)(F)F)n3nc(C(=O)N4CCN(c5ccccc5)CC4)cc3n2)cc1C. The Morgan fingerprint density at radius 2 is 1.60 bits per heavy atom. The molecule has 0 unspecified atom stereocenters. The molecule has 180 valence electrons. The number of fused-ring (bicyclic) bond motifs is 1. The van der Waals surface area contributed by atoms with Crippen molar-refractivity contribution in [3.63, 3.8) is 0 Å². The summed E-state index contributed by atoms with van der Waals surface area (Å²) in [5, 5.41) is 4.03. The summed E-state index contributed by atoms with van der Waals surface area (Å²) in [6.45, 7) is 6.00. The number of halogens is 3. The number of anilines is 1. The lowest BCUT2D eigenvalue weighted by molar-refractivity contribution is -0.142. The van der Waals surface area contributed by atoms with E-state index in [0.717, 1.165) is 27.4 Å². The minimum absolute atomic E-state index is 0.0145. The van der Waals surface area contributed by atoms with Gasteiger partial charge in [-0.3, -0.25) is 4.79 Å². The number of carbonyl (C=O) groups is 1. The van der Waals surface area contributed by atoms with Crippen molar-refractivity contribution in [2.75, 3.05) is 31.1 Å². The molecule has 9 heteroatoms. The third kappa shape index (κ3) is 4.45. The molecular weight excluding hydrogens is 455 g/mol. The molecule has 0 radical (unpaired) electrons. The number of carbonyl (C=O) groups excluding carboxylic acids is 1. The van der Waals surface area contributed by atoms with Gasteiger partial charge in [-0.25, -0.2) is 9.50 Å². The average molecular weight is 480 g/mol. The van der Waals surface area contributed by atoms with E-state index in [1.54, 1.807) is 11.0 Å². The monoisotopic (exact) mass is 479 g/mol. The second-order valence-electron chi connectivity index (χ2n) is 8.74. The zero-order chi connectivity index (χ0) is 24.7. The summed E-state index contributed by atoms with van der Waals surface area (Å²) in [6, 6.07) is 17.6. The summed E-state index contributed by atoms with van der Waals surface area (Å²) in [6.07, 6.45) is -4.66. The van der Waals surface area contributed by atoms with Crippen LogP contribution in [-0.2, 0) is 6.18 Å². The van der Waals surface area contributed by atoms with Crippen molar-refractivity contribution in [2.24, 2.45) is 0 Å². The van der Waals surface area contributed by atoms with Crippen molar-refractivity contribution in [1.29, 1.82) is 0 Å². The van der Waals surface area contributed by atoms with Gasteiger partial charge in [0.2, 0.25) is 0 Å². The largest absolute Gasteiger partial charge is 0.433 e. The molecule has 5 rings (SSSR count). The summed E-state index contributed by atoms with van der Waals surface area (Å²) in [7, 11) is 0. The summed E-state index contributed by atoms with van der Waals surface area (Å²) < 4.78 is 42.5. The number of hydrogen-bond donors (Lipinski definition) is 0. The molecule has 4 aromatic rings. The maximum Gasteiger partial charge on any atom is 0.433 e. The average Bonchev–Trinajstić information content (AvgIpc) is 3.29. The van der Waals surface area contributed by atoms with Crippen LogP contribution in [0.15, 0.2) is 60.7 Å². The number of amides is 1. The van der Waals surface area contributed by atoms with E-state index in [2.05, 4.69) is 15.0 Å². The van der Waals surface area contributed by atoms with Crippen LogP contribution in [0.25, 0.3) is 16.9 Å². The topological polar surface area (TPSA) is 53.7 Å². The Balaban J connectivity index is 1.45. The van der Waals surface area contributed by atoms with Gasteiger partial charge < -0.3 is 9.80 Å². The van der Waals surface area contributed by atoms with Crippen molar-refractivity contribution in [3.05, 3.63) is 83.2 Å². The highest BCUT2D eigenvalue weighted by Crippen LogP contribution is 2.33. The van der Waals surface area contributed by atoms with Gasteiger partial charge in [-0.2, -0.15) is 18.3 Å². The maximum absolute atomic E-state index is 13.9. The highest BCUT2D eigenvalue weighted by molar-refractivity contribution is 5.93. The molecule has 2 aromatic carbocycles. The summed E-state index contributed by atoms with van der Waals surface area (Å²) >= 11 is 0. The summed E-state index contributed by atoms with van der Waals surface area (Å²) in [5.41, 5.74) is 2.80. The normalized spacial score (nSPS) is 14.5. The van der Waals surface area contributed by atoms with E-state index in [0.29, 0.717) is 31.7 Å². The van der Waals surface area contributed by atoms with Crippen molar-refractivity contribution >= 4 is 17.2 Å². The van der Waals surface area contributed by atoms with Gasteiger partial charge in [0.1, 0.15) is 0 Å². The van der Waals surface area contributed by atoms with Crippen LogP contribution in [0.5, 0.6) is 0 Å². The van der Waals surface area contributed by atoms with Crippen molar-refractivity contribution in [1.82, 2.24) is 19.5 Å². The second kappa shape index (κ2) is 8.72. The highest BCUT2D eigenvalue weighted by Gasteiger charge is 2.36. The Kier molecular flexibility index (Phi) is 5.70. The van der Waals surface area contributed by atoms with E-state index >= 15 is 0 Å². The molecule has 6 nitrogen and oxygen atoms in total. The maximum atomic E-state index is 13.9. The summed E-state index contributed by atoms with van der Waals surface area (Å²) in [4.78, 5) is 21.3. The van der Waals surface area contributed by atoms with Crippen LogP contribution < -0.4 is 4.90 Å². The molecule has 1 aliphatic heterocycles. The zero-order valence-electron chi connectivity index (χ0n) is 19.4. The summed E-state index contributed by atoms with van der Waals surface area (Å²) in [5.74, 6) is -0.399. The molecule has 35 heavy (non-hydrogen) atoms. The number of para-hydroxylation sites is 1. The lowest BCUT2D eigenvalue weighted by atomic mass is 10.0. The smallest absolute Gasteiger partial charge is 0.368 e. The first-order valence-corrected chi connectivity index (χ1v) is 11.4. The molecule has 1 aliphatic rings. The minimum Gasteiger partial charge on any atom is -0.368 e. The molecule has 1 saturated heterocycles. The van der Waals surface area contributed by atoms with Crippen LogP contribution in [0.1, 0.15) is 27.3 Å². The Bertz CT molecular complexity index is 1390. The van der Waals surface area contributed by atoms with Gasteiger partial charge in [0.05, 0.1) is 5.69 Å². The second-order valence-corrected chi connectivity index (χ2v) is 8.74. The third-order valence-corrected chi connectivity index (χ3v) is 6.43. The van der Waals surface area contributed by atoms with Gasteiger partial charge in [0.25, 0.3) is 5.91 Å². The molecular formula is C26H24F3N5O. The number of benzene rings is 2. The van der Waals surface area contributed by atoms with Crippen LogP contribution in [0.2, 0.25) is 0 Å². The number of aryl methyl sites for hydroxylation is 2. The van der Waals surface area contributed by atoms with Gasteiger partial charge in [-0.15, -0.1) is 0 Å². The molecule has 1 amide bonds. The standard InChI is InChI=1S/C26H24F3N5O/c1-17-8-9-19(14-18(17)2)21-15-23(26(27,28)29)34-24(30-21)16-22(31-34)25(35)33-12-10-32(11-13-33)20-6-4-3-5-7-20/h3-9,14-16H,10-13H2,1-2H3. The zero-order valence-corrected chi connectivity index (χ0v) is 19.4. The molecule has 0 bridgehead atoms. The molecule has 3 heterocycles. The van der Waals surface area contributed by atoms with Crippen LogP contribution in [0, 0.1) is 13.8 Å². The fourth-order valence-electron chi connectivity index (χ4n) is 4.30. The lowest BCUT2D eigenvalue weighted by Gasteiger charge is -2.35. The van der Waals surface area contributed by atoms with Crippen LogP contribution in [-0.4, -0.2) is 51.6 Å². The third-order valence-electron chi connectivity index (χ3n) is 6.43. The van der Waals surface area contributed by atoms with E-state index < -0.39 is 17.8 Å². The first-order chi connectivity index (χ1) is 16.7. The molecule has 0 aliphatic carbocycles. The predicted octanol–water partition coefficient (Wildman–Crippen LogP) is 4.99. The lowest BCUT2D eigenvalue weighted by Crippen LogP contribution is -2.48. The molecule has 0 spiro atoms. The fourth-order valence-corrected chi connectivity index (χ4v) is 4.30. The molecule has 0 saturated carbocycles. The highest BCUT2D eigenvalue weighted by atomic mass is 19.4. The predicted molar refractivity (Wildman–Crippen MR) is 127 cm³/mol. The Morgan fingerprint density at radius 1 is 0.886 bits per heavy atom. The van der Waals surface area contributed by atoms with E-state index in [9.17, 15) is 18.0 Å². The quantitative estimate of drug-likeness (QED) is 0.415. The van der Waals surface area contributed by atoms with E-state index in [4.69, 9.17) is 0 Å². The van der Waals surface area contributed by atoms with Gasteiger partial charge in [-0.05, 0) is 49.2 Å². The van der Waals surface area contributed by atoms with Crippen LogP contribution in [0.3, 0.4) is 0 Å².